The zero-order valence-electron chi connectivity index (χ0n) is 13.2. The topological polar surface area (TPSA) is 59.1 Å². The van der Waals surface area contributed by atoms with E-state index in [1.807, 2.05) is 29.9 Å². The van der Waals surface area contributed by atoms with Crippen molar-refractivity contribution in [3.8, 4) is 0 Å². The lowest BCUT2D eigenvalue weighted by molar-refractivity contribution is 0.276. The minimum Gasteiger partial charge on any atom is -0.465 e. The van der Waals surface area contributed by atoms with Crippen LogP contribution in [0.4, 0.5) is 0 Å². The highest BCUT2D eigenvalue weighted by molar-refractivity contribution is 5.05. The summed E-state index contributed by atoms with van der Waals surface area (Å²) in [5.74, 6) is 1.96. The molecule has 0 fully saturated rings. The molecule has 116 valence electrons. The van der Waals surface area contributed by atoms with Crippen molar-refractivity contribution in [2.75, 3.05) is 20.1 Å². The summed E-state index contributed by atoms with van der Waals surface area (Å²) < 4.78 is 7.48. The standard InChI is InChI=1S/C15H25N5O/c1-4-7-16-10-14-11-20(18-17-14)9-8-19(3)12-15-6-5-13(2)21-15/h5-6,11,16H,4,7-10,12H2,1-3H3. The maximum atomic E-state index is 5.58. The molecule has 0 saturated carbocycles. The molecule has 2 aromatic rings. The Morgan fingerprint density at radius 2 is 2.24 bits per heavy atom. The second kappa shape index (κ2) is 7.95. The van der Waals surface area contributed by atoms with Gasteiger partial charge in [-0.1, -0.05) is 12.1 Å². The van der Waals surface area contributed by atoms with Gasteiger partial charge in [0.15, 0.2) is 0 Å². The van der Waals surface area contributed by atoms with Crippen LogP contribution in [0.3, 0.4) is 0 Å². The second-order valence-corrected chi connectivity index (χ2v) is 5.40. The molecule has 0 amide bonds. The van der Waals surface area contributed by atoms with Gasteiger partial charge in [-0.15, -0.1) is 5.10 Å². The van der Waals surface area contributed by atoms with Gasteiger partial charge in [0.1, 0.15) is 11.5 Å². The summed E-state index contributed by atoms with van der Waals surface area (Å²) in [6.45, 7) is 8.47. The number of likely N-dealkylation sites (N-methyl/N-ethyl adjacent to an activating group) is 1. The van der Waals surface area contributed by atoms with Crippen molar-refractivity contribution in [1.82, 2.24) is 25.2 Å². The third-order valence-corrected chi connectivity index (χ3v) is 3.25. The van der Waals surface area contributed by atoms with Crippen molar-refractivity contribution in [3.63, 3.8) is 0 Å². The minimum absolute atomic E-state index is 0.787. The fraction of sp³-hybridized carbons (Fsp3) is 0.600. The molecule has 2 rings (SSSR count). The minimum atomic E-state index is 0.787. The summed E-state index contributed by atoms with van der Waals surface area (Å²) in [4.78, 5) is 2.22. The Balaban J connectivity index is 1.72. The van der Waals surface area contributed by atoms with Gasteiger partial charge >= 0.3 is 0 Å². The number of furan rings is 1. The van der Waals surface area contributed by atoms with E-state index in [2.05, 4.69) is 34.5 Å². The van der Waals surface area contributed by atoms with Crippen LogP contribution in [0.25, 0.3) is 0 Å². The average Bonchev–Trinajstić information content (AvgIpc) is 3.06. The molecule has 2 heterocycles. The highest BCUT2D eigenvalue weighted by Crippen LogP contribution is 2.08. The van der Waals surface area contributed by atoms with Gasteiger partial charge in [-0.05, 0) is 39.1 Å². The van der Waals surface area contributed by atoms with Crippen LogP contribution in [-0.4, -0.2) is 40.0 Å². The van der Waals surface area contributed by atoms with Crippen molar-refractivity contribution in [2.45, 2.75) is 39.9 Å². The Bertz CT molecular complexity index is 534. The molecule has 6 heteroatoms. The van der Waals surface area contributed by atoms with Crippen LogP contribution >= 0.6 is 0 Å². The molecule has 0 spiro atoms. The summed E-state index contributed by atoms with van der Waals surface area (Å²) in [5.41, 5.74) is 0.993. The third kappa shape index (κ3) is 5.32. The molecule has 0 bridgehead atoms. The van der Waals surface area contributed by atoms with Crippen molar-refractivity contribution >= 4 is 0 Å². The number of rotatable bonds is 9. The predicted molar refractivity (Wildman–Crippen MR) is 81.8 cm³/mol. The summed E-state index contributed by atoms with van der Waals surface area (Å²) >= 11 is 0. The Labute approximate surface area is 126 Å². The van der Waals surface area contributed by atoms with Gasteiger partial charge in [0, 0.05) is 19.3 Å². The van der Waals surface area contributed by atoms with Gasteiger partial charge in [0.05, 0.1) is 18.8 Å². The maximum absolute atomic E-state index is 5.58. The molecule has 0 unspecified atom stereocenters. The monoisotopic (exact) mass is 291 g/mol. The first-order chi connectivity index (χ1) is 10.2. The number of nitrogens with one attached hydrogen (secondary N) is 1. The number of aromatic nitrogens is 3. The lowest BCUT2D eigenvalue weighted by Crippen LogP contribution is -2.22. The first-order valence-electron chi connectivity index (χ1n) is 7.51. The SMILES string of the molecule is CCCNCc1cn(CCN(C)Cc2ccc(C)o2)nn1. The maximum Gasteiger partial charge on any atom is 0.118 e. The number of hydrogen-bond donors (Lipinski definition) is 1. The zero-order chi connectivity index (χ0) is 15.1. The Hall–Kier alpha value is -1.66. The Morgan fingerprint density at radius 3 is 2.95 bits per heavy atom. The van der Waals surface area contributed by atoms with Gasteiger partial charge in [-0.25, -0.2) is 0 Å². The molecule has 0 aliphatic rings. The van der Waals surface area contributed by atoms with Crippen molar-refractivity contribution in [2.24, 2.45) is 0 Å². The van der Waals surface area contributed by atoms with E-state index in [9.17, 15) is 0 Å². The lowest BCUT2D eigenvalue weighted by Gasteiger charge is -2.14. The van der Waals surface area contributed by atoms with Gasteiger partial charge in [0.2, 0.25) is 0 Å². The van der Waals surface area contributed by atoms with E-state index >= 15 is 0 Å². The molecule has 0 aliphatic heterocycles. The third-order valence-electron chi connectivity index (χ3n) is 3.25. The molecule has 21 heavy (non-hydrogen) atoms. The summed E-state index contributed by atoms with van der Waals surface area (Å²) in [5, 5.41) is 11.6. The molecule has 0 aromatic carbocycles. The first kappa shape index (κ1) is 15.7. The highest BCUT2D eigenvalue weighted by atomic mass is 16.3. The molecule has 2 aromatic heterocycles. The molecular formula is C15H25N5O. The molecule has 0 atom stereocenters. The largest absolute Gasteiger partial charge is 0.465 e. The lowest BCUT2D eigenvalue weighted by atomic mass is 10.4. The summed E-state index contributed by atoms with van der Waals surface area (Å²) in [6.07, 6.45) is 3.14. The fourth-order valence-corrected chi connectivity index (χ4v) is 2.11. The molecule has 1 N–H and O–H groups in total. The normalized spacial score (nSPS) is 11.4. The smallest absolute Gasteiger partial charge is 0.118 e. The van der Waals surface area contributed by atoms with Crippen molar-refractivity contribution in [3.05, 3.63) is 35.5 Å². The van der Waals surface area contributed by atoms with E-state index in [4.69, 9.17) is 4.42 Å². The first-order valence-corrected chi connectivity index (χ1v) is 7.51. The number of nitrogens with zero attached hydrogens (tertiary/aromatic N) is 4. The van der Waals surface area contributed by atoms with Crippen LogP contribution in [0.5, 0.6) is 0 Å². The van der Waals surface area contributed by atoms with Crippen molar-refractivity contribution < 1.29 is 4.42 Å². The van der Waals surface area contributed by atoms with Crippen LogP contribution in [-0.2, 0) is 19.6 Å². The van der Waals surface area contributed by atoms with Crippen LogP contribution in [0.1, 0.15) is 30.6 Å². The van der Waals surface area contributed by atoms with E-state index in [1.54, 1.807) is 0 Å². The van der Waals surface area contributed by atoms with Crippen LogP contribution in [0.15, 0.2) is 22.7 Å². The summed E-state index contributed by atoms with van der Waals surface area (Å²) in [6, 6.07) is 4.02. The van der Waals surface area contributed by atoms with E-state index < -0.39 is 0 Å². The average molecular weight is 291 g/mol. The molecule has 6 nitrogen and oxygen atoms in total. The van der Waals surface area contributed by atoms with Gasteiger partial charge in [0.25, 0.3) is 0 Å². The fourth-order valence-electron chi connectivity index (χ4n) is 2.11. The Kier molecular flexibility index (Phi) is 5.95. The molecule has 0 saturated heterocycles. The van der Waals surface area contributed by atoms with Gasteiger partial charge < -0.3 is 9.73 Å². The highest BCUT2D eigenvalue weighted by Gasteiger charge is 2.05. The second-order valence-electron chi connectivity index (χ2n) is 5.40. The van der Waals surface area contributed by atoms with E-state index in [-0.39, 0.29) is 0 Å². The Morgan fingerprint density at radius 1 is 1.38 bits per heavy atom. The van der Waals surface area contributed by atoms with E-state index in [1.165, 1.54) is 0 Å². The van der Waals surface area contributed by atoms with E-state index in [0.717, 1.165) is 56.4 Å². The van der Waals surface area contributed by atoms with Gasteiger partial charge in [-0.2, -0.15) is 0 Å². The molecule has 0 radical (unpaired) electrons. The van der Waals surface area contributed by atoms with Crippen LogP contribution < -0.4 is 5.32 Å². The van der Waals surface area contributed by atoms with Crippen LogP contribution in [0, 0.1) is 6.92 Å². The van der Waals surface area contributed by atoms with Crippen molar-refractivity contribution in [1.29, 1.82) is 0 Å². The quantitative estimate of drug-likeness (QED) is 0.714. The zero-order valence-corrected chi connectivity index (χ0v) is 13.2. The number of hydrogen-bond acceptors (Lipinski definition) is 5. The predicted octanol–water partition coefficient (Wildman–Crippen LogP) is 1.81. The van der Waals surface area contributed by atoms with Gasteiger partial charge in [-0.3, -0.25) is 9.58 Å². The molecule has 0 aliphatic carbocycles. The summed E-state index contributed by atoms with van der Waals surface area (Å²) in [7, 11) is 2.08. The van der Waals surface area contributed by atoms with Crippen LogP contribution in [0.2, 0.25) is 0 Å². The number of aryl methyl sites for hydroxylation is 1. The van der Waals surface area contributed by atoms with E-state index in [0.29, 0.717) is 0 Å². The molecular weight excluding hydrogens is 266 g/mol.